The number of nitrogen functional groups attached to an aromatic ring is 1. The number of rotatable bonds is 2. The quantitative estimate of drug-likeness (QED) is 0.680. The predicted octanol–water partition coefficient (Wildman–Crippen LogP) is 3.20. The molecule has 3 N–H and O–H groups in total. The summed E-state index contributed by atoms with van der Waals surface area (Å²) in [5.41, 5.74) is 7.76. The summed E-state index contributed by atoms with van der Waals surface area (Å²) in [5.74, 6) is 0.902. The molecule has 0 unspecified atom stereocenters. The minimum atomic E-state index is 0.754. The number of nitrogens with one attached hydrogen (secondary N) is 1. The van der Waals surface area contributed by atoms with Crippen LogP contribution in [0.4, 0.5) is 5.69 Å². The molecule has 1 aromatic carbocycles. The van der Waals surface area contributed by atoms with Crippen molar-refractivity contribution in [2.45, 2.75) is 16.7 Å². The maximum absolute atomic E-state index is 6.02. The minimum absolute atomic E-state index is 0.754. The number of aromatic nitrogens is 2. The Hall–Kier alpha value is -1.88. The maximum atomic E-state index is 6.02. The van der Waals surface area contributed by atoms with Crippen LogP contribution in [0.3, 0.4) is 0 Å². The first-order chi connectivity index (χ1) is 8.24. The molecule has 0 bridgehead atoms. The summed E-state index contributed by atoms with van der Waals surface area (Å²) in [6.07, 6.45) is 3.45. The Morgan fingerprint density at radius 3 is 3.00 bits per heavy atom. The molecule has 0 spiro atoms. The standard InChI is InChI=1S/C12H11N3OS/c1-7-11(2-3-16-7)17-12-5-10-8(4-9(12)13)6-14-15-10/h2-6H,13H2,1H3,(H,14,15). The van der Waals surface area contributed by atoms with Crippen molar-refractivity contribution in [3.63, 3.8) is 0 Å². The Labute approximate surface area is 102 Å². The van der Waals surface area contributed by atoms with Crippen molar-refractivity contribution in [2.75, 3.05) is 5.73 Å². The van der Waals surface area contributed by atoms with E-state index in [0.29, 0.717) is 0 Å². The topological polar surface area (TPSA) is 67.8 Å². The van der Waals surface area contributed by atoms with Gasteiger partial charge in [-0.15, -0.1) is 0 Å². The lowest BCUT2D eigenvalue weighted by Gasteiger charge is -2.04. The second kappa shape index (κ2) is 3.85. The summed E-state index contributed by atoms with van der Waals surface area (Å²) < 4.78 is 5.27. The number of aryl methyl sites for hydroxylation is 1. The molecule has 0 aliphatic rings. The number of H-pyrrole nitrogens is 1. The van der Waals surface area contributed by atoms with Gasteiger partial charge in [0.25, 0.3) is 0 Å². The maximum Gasteiger partial charge on any atom is 0.114 e. The Bertz CT molecular complexity index is 671. The zero-order valence-corrected chi connectivity index (χ0v) is 10.0. The number of nitrogens with zero attached hydrogens (tertiary/aromatic N) is 1. The summed E-state index contributed by atoms with van der Waals surface area (Å²) in [7, 11) is 0. The second-order valence-electron chi connectivity index (χ2n) is 3.79. The number of aromatic amines is 1. The van der Waals surface area contributed by atoms with Crippen LogP contribution in [-0.4, -0.2) is 10.2 Å². The Balaban J connectivity index is 2.05. The highest BCUT2D eigenvalue weighted by molar-refractivity contribution is 7.99. The largest absolute Gasteiger partial charge is 0.468 e. The van der Waals surface area contributed by atoms with Gasteiger partial charge in [0.2, 0.25) is 0 Å². The van der Waals surface area contributed by atoms with Crippen LogP contribution in [0.5, 0.6) is 0 Å². The van der Waals surface area contributed by atoms with Crippen LogP contribution < -0.4 is 5.73 Å². The Morgan fingerprint density at radius 2 is 2.24 bits per heavy atom. The number of furan rings is 1. The lowest BCUT2D eigenvalue weighted by molar-refractivity contribution is 0.527. The van der Waals surface area contributed by atoms with Crippen LogP contribution in [0.1, 0.15) is 5.76 Å². The molecule has 3 rings (SSSR count). The Kier molecular flexibility index (Phi) is 2.33. The third kappa shape index (κ3) is 1.78. The lowest BCUT2D eigenvalue weighted by atomic mass is 10.2. The molecule has 0 radical (unpaired) electrons. The van der Waals surface area contributed by atoms with Crippen molar-refractivity contribution >= 4 is 28.4 Å². The van der Waals surface area contributed by atoms with E-state index in [9.17, 15) is 0 Å². The van der Waals surface area contributed by atoms with E-state index in [0.717, 1.165) is 32.1 Å². The van der Waals surface area contributed by atoms with Crippen molar-refractivity contribution in [2.24, 2.45) is 0 Å². The molecule has 0 aliphatic heterocycles. The highest BCUT2D eigenvalue weighted by Gasteiger charge is 2.08. The van der Waals surface area contributed by atoms with Gasteiger partial charge in [-0.25, -0.2) is 0 Å². The normalized spacial score (nSPS) is 11.1. The average Bonchev–Trinajstić information content (AvgIpc) is 2.89. The molecule has 0 fully saturated rings. The van der Waals surface area contributed by atoms with Crippen LogP contribution in [0.2, 0.25) is 0 Å². The van der Waals surface area contributed by atoms with Crippen molar-refractivity contribution in [1.29, 1.82) is 0 Å². The van der Waals surface area contributed by atoms with Gasteiger partial charge in [0.05, 0.1) is 22.9 Å². The first kappa shape index (κ1) is 10.3. The highest BCUT2D eigenvalue weighted by Crippen LogP contribution is 2.36. The SMILES string of the molecule is Cc1occc1Sc1cc2[nH]ncc2cc1N. The molecule has 2 aromatic heterocycles. The average molecular weight is 245 g/mol. The second-order valence-corrected chi connectivity index (χ2v) is 4.87. The zero-order chi connectivity index (χ0) is 11.8. The molecule has 86 valence electrons. The fourth-order valence-electron chi connectivity index (χ4n) is 1.68. The monoisotopic (exact) mass is 245 g/mol. The van der Waals surface area contributed by atoms with Gasteiger partial charge in [-0.3, -0.25) is 5.10 Å². The molecule has 5 heteroatoms. The first-order valence-electron chi connectivity index (χ1n) is 5.18. The molecule has 17 heavy (non-hydrogen) atoms. The van der Waals surface area contributed by atoms with E-state index < -0.39 is 0 Å². The molecular formula is C12H11N3OS. The summed E-state index contributed by atoms with van der Waals surface area (Å²) >= 11 is 1.60. The van der Waals surface area contributed by atoms with Gasteiger partial charge in [0.1, 0.15) is 5.76 Å². The smallest absolute Gasteiger partial charge is 0.114 e. The van der Waals surface area contributed by atoms with E-state index in [1.807, 2.05) is 25.1 Å². The molecule has 0 amide bonds. The molecule has 0 saturated heterocycles. The molecule has 2 heterocycles. The zero-order valence-electron chi connectivity index (χ0n) is 9.23. The third-order valence-corrected chi connectivity index (χ3v) is 3.82. The van der Waals surface area contributed by atoms with Crippen LogP contribution in [0, 0.1) is 6.92 Å². The molecular weight excluding hydrogens is 234 g/mol. The van der Waals surface area contributed by atoms with Crippen LogP contribution in [0.15, 0.2) is 44.9 Å². The fourth-order valence-corrected chi connectivity index (χ4v) is 2.58. The summed E-state index contributed by atoms with van der Waals surface area (Å²) in [6.45, 7) is 1.94. The van der Waals surface area contributed by atoms with Gasteiger partial charge >= 0.3 is 0 Å². The van der Waals surface area contributed by atoms with Crippen molar-refractivity contribution in [1.82, 2.24) is 10.2 Å². The van der Waals surface area contributed by atoms with Crippen LogP contribution in [0.25, 0.3) is 10.9 Å². The van der Waals surface area contributed by atoms with Gasteiger partial charge in [-0.2, -0.15) is 5.10 Å². The van der Waals surface area contributed by atoms with E-state index in [1.165, 1.54) is 0 Å². The molecule has 0 aliphatic carbocycles. The molecule has 0 saturated carbocycles. The van der Waals surface area contributed by atoms with Gasteiger partial charge in [-0.05, 0) is 25.1 Å². The number of fused-ring (bicyclic) bond motifs is 1. The van der Waals surface area contributed by atoms with E-state index in [1.54, 1.807) is 24.2 Å². The van der Waals surface area contributed by atoms with E-state index in [-0.39, 0.29) is 0 Å². The number of nitrogens with two attached hydrogens (primary N) is 1. The van der Waals surface area contributed by atoms with Gasteiger partial charge in [-0.1, -0.05) is 11.8 Å². The molecule has 4 nitrogen and oxygen atoms in total. The fraction of sp³-hybridized carbons (Fsp3) is 0.0833. The van der Waals surface area contributed by atoms with E-state index in [4.69, 9.17) is 10.2 Å². The van der Waals surface area contributed by atoms with Crippen LogP contribution >= 0.6 is 11.8 Å². The van der Waals surface area contributed by atoms with E-state index in [2.05, 4.69) is 10.2 Å². The molecule has 0 atom stereocenters. The summed E-state index contributed by atoms with van der Waals surface area (Å²) in [6, 6.07) is 5.88. The van der Waals surface area contributed by atoms with Crippen molar-refractivity contribution in [3.8, 4) is 0 Å². The van der Waals surface area contributed by atoms with Gasteiger partial charge < -0.3 is 10.2 Å². The van der Waals surface area contributed by atoms with E-state index >= 15 is 0 Å². The van der Waals surface area contributed by atoms with Gasteiger partial charge in [0, 0.05) is 16.0 Å². The summed E-state index contributed by atoms with van der Waals surface area (Å²) in [4.78, 5) is 2.09. The predicted molar refractivity (Wildman–Crippen MR) is 68.1 cm³/mol. The van der Waals surface area contributed by atoms with Crippen LogP contribution in [-0.2, 0) is 0 Å². The van der Waals surface area contributed by atoms with Gasteiger partial charge in [0.15, 0.2) is 0 Å². The molecule has 3 aromatic rings. The third-order valence-electron chi connectivity index (χ3n) is 2.60. The number of benzene rings is 1. The number of hydrogen-bond donors (Lipinski definition) is 2. The highest BCUT2D eigenvalue weighted by atomic mass is 32.2. The van der Waals surface area contributed by atoms with Crippen molar-refractivity contribution in [3.05, 3.63) is 36.4 Å². The number of hydrogen-bond acceptors (Lipinski definition) is 4. The summed E-state index contributed by atoms with van der Waals surface area (Å²) in [5, 5.41) is 7.95. The first-order valence-corrected chi connectivity index (χ1v) is 6.00. The van der Waals surface area contributed by atoms with Crippen molar-refractivity contribution < 1.29 is 4.42 Å². The minimum Gasteiger partial charge on any atom is -0.468 e. The number of anilines is 1. The Morgan fingerprint density at radius 1 is 1.35 bits per heavy atom. The lowest BCUT2D eigenvalue weighted by Crippen LogP contribution is -1.88.